The summed E-state index contributed by atoms with van der Waals surface area (Å²) in [5.74, 6) is 0. The smallest absolute Gasteiger partial charge is 0.00957 e. The average Bonchev–Trinajstić information content (AvgIpc) is 1.54. The molecule has 1 heterocycles. The molecule has 0 amide bonds. The second-order valence-corrected chi connectivity index (χ2v) is 4.65. The molecule has 2 aliphatic rings. The predicted molar refractivity (Wildman–Crippen MR) is 43.0 cm³/mol. The fourth-order valence-electron chi connectivity index (χ4n) is 2.06. The molecular formula is C9H17N. The van der Waals surface area contributed by atoms with Crippen LogP contribution < -0.4 is 0 Å². The molecule has 0 aromatic carbocycles. The highest BCUT2D eigenvalue weighted by Crippen LogP contribution is 2.36. The van der Waals surface area contributed by atoms with Gasteiger partial charge < -0.3 is 0 Å². The van der Waals surface area contributed by atoms with E-state index < -0.39 is 0 Å². The number of nitrogens with zero attached hydrogens (tertiary/aromatic N) is 1. The molecule has 0 N–H and O–H groups in total. The zero-order chi connectivity index (χ0) is 7.19. The standard InChI is InChI=1S/C9H17N/c1-9(2)6-10(7-9)8-4-3-5-8/h8H,3-7H2,1-2H3. The van der Waals surface area contributed by atoms with Crippen LogP contribution in [-0.2, 0) is 0 Å². The summed E-state index contributed by atoms with van der Waals surface area (Å²) < 4.78 is 0. The van der Waals surface area contributed by atoms with Crippen LogP contribution in [0.5, 0.6) is 0 Å². The Bertz CT molecular complexity index is 128. The Balaban J connectivity index is 1.79. The van der Waals surface area contributed by atoms with Gasteiger partial charge in [-0.1, -0.05) is 20.3 Å². The fraction of sp³-hybridized carbons (Fsp3) is 1.00. The van der Waals surface area contributed by atoms with Crippen LogP contribution in [0.2, 0.25) is 0 Å². The van der Waals surface area contributed by atoms with Gasteiger partial charge in [0.05, 0.1) is 0 Å². The average molecular weight is 139 g/mol. The zero-order valence-electron chi connectivity index (χ0n) is 7.06. The predicted octanol–water partition coefficient (Wildman–Crippen LogP) is 1.88. The molecule has 2 rings (SSSR count). The van der Waals surface area contributed by atoms with E-state index in [9.17, 15) is 0 Å². The van der Waals surface area contributed by atoms with E-state index in [0.717, 1.165) is 6.04 Å². The van der Waals surface area contributed by atoms with Crippen molar-refractivity contribution in [1.29, 1.82) is 0 Å². The van der Waals surface area contributed by atoms with Gasteiger partial charge in [0, 0.05) is 19.1 Å². The van der Waals surface area contributed by atoms with Gasteiger partial charge in [0.15, 0.2) is 0 Å². The summed E-state index contributed by atoms with van der Waals surface area (Å²) in [6.45, 7) is 7.42. The Morgan fingerprint density at radius 3 is 2.10 bits per heavy atom. The van der Waals surface area contributed by atoms with Crippen LogP contribution in [-0.4, -0.2) is 24.0 Å². The van der Waals surface area contributed by atoms with Crippen LogP contribution in [0.15, 0.2) is 0 Å². The highest BCUT2D eigenvalue weighted by atomic mass is 15.2. The second-order valence-electron chi connectivity index (χ2n) is 4.65. The molecule has 0 bridgehead atoms. The molecule has 1 heteroatoms. The fourth-order valence-corrected chi connectivity index (χ4v) is 2.06. The molecule has 1 saturated heterocycles. The molecule has 1 nitrogen and oxygen atoms in total. The van der Waals surface area contributed by atoms with Gasteiger partial charge in [0.1, 0.15) is 0 Å². The van der Waals surface area contributed by atoms with Crippen molar-refractivity contribution in [1.82, 2.24) is 4.90 Å². The molecule has 0 unspecified atom stereocenters. The third-order valence-corrected chi connectivity index (χ3v) is 2.85. The van der Waals surface area contributed by atoms with Crippen molar-refractivity contribution in [2.75, 3.05) is 13.1 Å². The normalized spacial score (nSPS) is 33.0. The molecular weight excluding hydrogens is 122 g/mol. The van der Waals surface area contributed by atoms with Gasteiger partial charge in [0.25, 0.3) is 0 Å². The highest BCUT2D eigenvalue weighted by molar-refractivity contribution is 4.94. The zero-order valence-corrected chi connectivity index (χ0v) is 7.06. The lowest BCUT2D eigenvalue weighted by molar-refractivity contribution is -0.0317. The minimum Gasteiger partial charge on any atom is -0.299 e. The first kappa shape index (κ1) is 6.66. The Kier molecular flexibility index (Phi) is 1.31. The maximum absolute atomic E-state index is 2.64. The summed E-state index contributed by atoms with van der Waals surface area (Å²) in [7, 11) is 0. The lowest BCUT2D eigenvalue weighted by Gasteiger charge is -2.52. The highest BCUT2D eigenvalue weighted by Gasteiger charge is 2.39. The summed E-state index contributed by atoms with van der Waals surface area (Å²) in [4.78, 5) is 2.64. The van der Waals surface area contributed by atoms with Crippen molar-refractivity contribution in [3.8, 4) is 0 Å². The van der Waals surface area contributed by atoms with E-state index >= 15 is 0 Å². The van der Waals surface area contributed by atoms with Crippen LogP contribution in [0.4, 0.5) is 0 Å². The molecule has 10 heavy (non-hydrogen) atoms. The molecule has 0 aromatic rings. The van der Waals surface area contributed by atoms with Gasteiger partial charge in [-0.3, -0.25) is 4.90 Å². The number of hydrogen-bond acceptors (Lipinski definition) is 1. The van der Waals surface area contributed by atoms with Crippen LogP contribution in [0, 0.1) is 5.41 Å². The van der Waals surface area contributed by atoms with Crippen molar-refractivity contribution >= 4 is 0 Å². The van der Waals surface area contributed by atoms with Crippen molar-refractivity contribution in [2.45, 2.75) is 39.2 Å². The summed E-state index contributed by atoms with van der Waals surface area (Å²) in [6, 6.07) is 0.980. The summed E-state index contributed by atoms with van der Waals surface area (Å²) in [5.41, 5.74) is 0.635. The second kappa shape index (κ2) is 1.97. The van der Waals surface area contributed by atoms with Crippen molar-refractivity contribution < 1.29 is 0 Å². The van der Waals surface area contributed by atoms with Gasteiger partial charge in [-0.05, 0) is 18.3 Å². The van der Waals surface area contributed by atoms with Gasteiger partial charge >= 0.3 is 0 Å². The Hall–Kier alpha value is -0.0400. The van der Waals surface area contributed by atoms with E-state index in [1.165, 1.54) is 32.4 Å². The summed E-state index contributed by atoms with van der Waals surface area (Å²) >= 11 is 0. The lowest BCUT2D eigenvalue weighted by atomic mass is 9.79. The largest absolute Gasteiger partial charge is 0.299 e. The van der Waals surface area contributed by atoms with Gasteiger partial charge in [-0.2, -0.15) is 0 Å². The minimum absolute atomic E-state index is 0.635. The SMILES string of the molecule is CC1(C)CN(C2CCC2)C1. The van der Waals surface area contributed by atoms with E-state index in [0.29, 0.717) is 5.41 Å². The van der Waals surface area contributed by atoms with E-state index in [1.807, 2.05) is 0 Å². The third kappa shape index (κ3) is 0.968. The molecule has 0 aromatic heterocycles. The van der Waals surface area contributed by atoms with Crippen LogP contribution in [0.1, 0.15) is 33.1 Å². The Morgan fingerprint density at radius 2 is 1.80 bits per heavy atom. The molecule has 0 radical (unpaired) electrons. The molecule has 58 valence electrons. The molecule has 0 atom stereocenters. The van der Waals surface area contributed by atoms with Gasteiger partial charge in [0.2, 0.25) is 0 Å². The van der Waals surface area contributed by atoms with Crippen molar-refractivity contribution in [2.24, 2.45) is 5.41 Å². The number of rotatable bonds is 1. The van der Waals surface area contributed by atoms with E-state index in [2.05, 4.69) is 18.7 Å². The van der Waals surface area contributed by atoms with E-state index in [4.69, 9.17) is 0 Å². The third-order valence-electron chi connectivity index (χ3n) is 2.85. The first-order chi connectivity index (χ1) is 4.67. The first-order valence-electron chi connectivity index (χ1n) is 4.41. The molecule has 1 aliphatic heterocycles. The molecule has 1 saturated carbocycles. The van der Waals surface area contributed by atoms with Crippen molar-refractivity contribution in [3.05, 3.63) is 0 Å². The van der Waals surface area contributed by atoms with E-state index in [-0.39, 0.29) is 0 Å². The Labute approximate surface area is 63.4 Å². The maximum Gasteiger partial charge on any atom is 0.00957 e. The molecule has 2 fully saturated rings. The van der Waals surface area contributed by atoms with Crippen molar-refractivity contribution in [3.63, 3.8) is 0 Å². The number of likely N-dealkylation sites (tertiary alicyclic amines) is 1. The first-order valence-corrected chi connectivity index (χ1v) is 4.41. The monoisotopic (exact) mass is 139 g/mol. The lowest BCUT2D eigenvalue weighted by Crippen LogP contribution is -2.58. The summed E-state index contributed by atoms with van der Waals surface area (Å²) in [6.07, 6.45) is 4.41. The van der Waals surface area contributed by atoms with Crippen LogP contribution in [0.3, 0.4) is 0 Å². The van der Waals surface area contributed by atoms with Gasteiger partial charge in [-0.15, -0.1) is 0 Å². The minimum atomic E-state index is 0.635. The topological polar surface area (TPSA) is 3.24 Å². The molecule has 0 spiro atoms. The maximum atomic E-state index is 2.64. The Morgan fingerprint density at radius 1 is 1.20 bits per heavy atom. The van der Waals surface area contributed by atoms with Gasteiger partial charge in [-0.25, -0.2) is 0 Å². The summed E-state index contributed by atoms with van der Waals surface area (Å²) in [5, 5.41) is 0. The number of hydrogen-bond donors (Lipinski definition) is 0. The van der Waals surface area contributed by atoms with Crippen LogP contribution >= 0.6 is 0 Å². The van der Waals surface area contributed by atoms with E-state index in [1.54, 1.807) is 0 Å². The quantitative estimate of drug-likeness (QED) is 0.536. The van der Waals surface area contributed by atoms with Crippen LogP contribution in [0.25, 0.3) is 0 Å². The molecule has 1 aliphatic carbocycles.